The van der Waals surface area contributed by atoms with E-state index in [0.29, 0.717) is 31.0 Å². The van der Waals surface area contributed by atoms with Crippen LogP contribution in [-0.4, -0.2) is 51.5 Å². The number of rotatable bonds is 4. The van der Waals surface area contributed by atoms with Crippen molar-refractivity contribution < 1.29 is 27.1 Å². The molecule has 4 heterocycles. The number of H-pyrrole nitrogens is 2. The van der Waals surface area contributed by atoms with E-state index in [0.717, 1.165) is 12.1 Å². The van der Waals surface area contributed by atoms with E-state index in [9.17, 15) is 18.0 Å². The topological polar surface area (TPSA) is 86.9 Å². The Morgan fingerprint density at radius 2 is 2.06 bits per heavy atom. The molecule has 5 rings (SSSR count). The maximum absolute atomic E-state index is 15.3. The van der Waals surface area contributed by atoms with Gasteiger partial charge < -0.3 is 19.6 Å². The van der Waals surface area contributed by atoms with E-state index in [1.807, 2.05) is 11.8 Å². The van der Waals surface area contributed by atoms with Gasteiger partial charge in [0.2, 0.25) is 0 Å². The monoisotopic (exact) mass is 473 g/mol. The van der Waals surface area contributed by atoms with Crippen molar-refractivity contribution in [3.8, 4) is 11.5 Å². The summed E-state index contributed by atoms with van der Waals surface area (Å²) in [7, 11) is 0. The zero-order valence-electron chi connectivity index (χ0n) is 17.9. The smallest absolute Gasteiger partial charge is 0.377 e. The van der Waals surface area contributed by atoms with Gasteiger partial charge in [-0.2, -0.15) is 13.2 Å². The van der Waals surface area contributed by atoms with Crippen molar-refractivity contribution in [2.75, 3.05) is 24.7 Å². The summed E-state index contributed by atoms with van der Waals surface area (Å²) in [6.45, 7) is 3.33. The molecule has 7 nitrogen and oxygen atoms in total. The van der Waals surface area contributed by atoms with Gasteiger partial charge in [-0.3, -0.25) is 4.79 Å². The Balaban J connectivity index is 1.48. The first-order chi connectivity index (χ1) is 16.2. The third-order valence-corrected chi connectivity index (χ3v) is 5.77. The summed E-state index contributed by atoms with van der Waals surface area (Å²) in [5.74, 6) is -0.975. The first-order valence-corrected chi connectivity index (χ1v) is 10.5. The Hall–Kier alpha value is -3.73. The fraction of sp³-hybridized carbons (Fsp3) is 0.261. The number of hydrogen-bond acceptors (Lipinski definition) is 5. The average Bonchev–Trinajstić information content (AvgIpc) is 3.47. The third-order valence-electron chi connectivity index (χ3n) is 5.77. The highest BCUT2D eigenvalue weighted by atomic mass is 19.4. The molecule has 1 saturated heterocycles. The zero-order chi connectivity index (χ0) is 24.0. The van der Waals surface area contributed by atoms with E-state index in [4.69, 9.17) is 4.74 Å². The number of imidazole rings is 1. The van der Waals surface area contributed by atoms with E-state index in [1.165, 1.54) is 30.6 Å². The minimum absolute atomic E-state index is 0.0218. The van der Waals surface area contributed by atoms with E-state index < -0.39 is 28.9 Å². The number of nitrogens with one attached hydrogen (secondary N) is 2. The molecule has 0 unspecified atom stereocenters. The van der Waals surface area contributed by atoms with Crippen LogP contribution in [0.1, 0.15) is 28.4 Å². The summed E-state index contributed by atoms with van der Waals surface area (Å²) in [5, 5.41) is 0. The largest absolute Gasteiger partial charge is 0.417 e. The van der Waals surface area contributed by atoms with E-state index in [2.05, 4.69) is 19.9 Å². The summed E-state index contributed by atoms with van der Waals surface area (Å²) in [5.41, 5.74) is -0.696. The van der Waals surface area contributed by atoms with Crippen LogP contribution in [0.15, 0.2) is 42.7 Å². The molecule has 0 saturated carbocycles. The van der Waals surface area contributed by atoms with Gasteiger partial charge in [-0.25, -0.2) is 14.4 Å². The highest BCUT2D eigenvalue weighted by Crippen LogP contribution is 2.33. The molecule has 0 spiro atoms. The summed E-state index contributed by atoms with van der Waals surface area (Å²) < 4.78 is 60.6. The molecular weight excluding hydrogens is 454 g/mol. The standard InChI is InChI=1S/C23H19F4N5O2/c1-12-11-34-7-6-32(12)22-18(24)19-17(10-29-22)30-21(31-19)16-8-13(9-28-16)20(33)14-4-2-3-5-15(14)23(25,26)27/h2-5,8-10,12,28H,6-7,11H2,1H3,(H,30,31)/t12-/m0/s1. The van der Waals surface area contributed by atoms with Gasteiger partial charge in [0, 0.05) is 23.9 Å². The maximum atomic E-state index is 15.3. The van der Waals surface area contributed by atoms with Gasteiger partial charge >= 0.3 is 6.18 Å². The van der Waals surface area contributed by atoms with Gasteiger partial charge in [-0.15, -0.1) is 0 Å². The minimum Gasteiger partial charge on any atom is -0.377 e. The van der Waals surface area contributed by atoms with Gasteiger partial charge in [-0.1, -0.05) is 18.2 Å². The number of ketones is 1. The number of fused-ring (bicyclic) bond motifs is 1. The minimum atomic E-state index is -4.66. The second-order valence-corrected chi connectivity index (χ2v) is 8.04. The van der Waals surface area contributed by atoms with Gasteiger partial charge in [0.25, 0.3) is 0 Å². The van der Waals surface area contributed by atoms with Crippen molar-refractivity contribution in [2.24, 2.45) is 0 Å². The number of carbonyl (C=O) groups is 1. The lowest BCUT2D eigenvalue weighted by Gasteiger charge is -2.34. The number of anilines is 1. The number of nitrogens with zero attached hydrogens (tertiary/aromatic N) is 3. The third kappa shape index (κ3) is 3.81. The van der Waals surface area contributed by atoms with E-state index >= 15 is 4.39 Å². The van der Waals surface area contributed by atoms with Crippen LogP contribution in [0.5, 0.6) is 0 Å². The van der Waals surface area contributed by atoms with Crippen LogP contribution >= 0.6 is 0 Å². The van der Waals surface area contributed by atoms with E-state index in [1.54, 1.807) is 0 Å². The van der Waals surface area contributed by atoms with Gasteiger partial charge in [0.05, 0.1) is 42.2 Å². The number of ether oxygens (including phenoxy) is 1. The highest BCUT2D eigenvalue weighted by molar-refractivity contribution is 6.10. The molecule has 0 radical (unpaired) electrons. The number of hydrogen-bond donors (Lipinski definition) is 2. The Labute approximate surface area is 190 Å². The Kier molecular flexibility index (Phi) is 5.35. The Morgan fingerprint density at radius 3 is 2.82 bits per heavy atom. The van der Waals surface area contributed by atoms with Crippen LogP contribution in [0.4, 0.5) is 23.4 Å². The van der Waals surface area contributed by atoms with Crippen LogP contribution in [0.3, 0.4) is 0 Å². The average molecular weight is 473 g/mol. The van der Waals surface area contributed by atoms with Crippen molar-refractivity contribution >= 4 is 22.6 Å². The molecule has 11 heteroatoms. The molecule has 1 aliphatic heterocycles. The Morgan fingerprint density at radius 1 is 1.26 bits per heavy atom. The summed E-state index contributed by atoms with van der Waals surface area (Å²) >= 11 is 0. The second kappa shape index (κ2) is 8.24. The first-order valence-electron chi connectivity index (χ1n) is 10.5. The summed E-state index contributed by atoms with van der Waals surface area (Å²) in [6.07, 6.45) is -1.89. The van der Waals surface area contributed by atoms with Crippen molar-refractivity contribution in [1.82, 2.24) is 19.9 Å². The Bertz CT molecular complexity index is 1380. The lowest BCUT2D eigenvalue weighted by Crippen LogP contribution is -2.44. The number of halogens is 4. The summed E-state index contributed by atoms with van der Waals surface area (Å²) in [6, 6.07) is 5.92. The molecule has 1 fully saturated rings. The van der Waals surface area contributed by atoms with Crippen LogP contribution in [-0.2, 0) is 10.9 Å². The zero-order valence-corrected chi connectivity index (χ0v) is 17.9. The highest BCUT2D eigenvalue weighted by Gasteiger charge is 2.35. The lowest BCUT2D eigenvalue weighted by molar-refractivity contribution is -0.137. The van der Waals surface area contributed by atoms with Gasteiger partial charge in [0.1, 0.15) is 5.52 Å². The number of alkyl halides is 3. The van der Waals surface area contributed by atoms with Crippen LogP contribution in [0.2, 0.25) is 0 Å². The predicted octanol–water partition coefficient (Wildman–Crippen LogP) is 4.57. The van der Waals surface area contributed by atoms with Crippen LogP contribution in [0.25, 0.3) is 22.6 Å². The molecule has 34 heavy (non-hydrogen) atoms. The fourth-order valence-electron chi connectivity index (χ4n) is 4.05. The van der Waals surface area contributed by atoms with Crippen LogP contribution in [0, 0.1) is 5.82 Å². The fourth-order valence-corrected chi connectivity index (χ4v) is 4.05. The maximum Gasteiger partial charge on any atom is 0.417 e. The molecule has 1 aromatic carbocycles. The predicted molar refractivity (Wildman–Crippen MR) is 116 cm³/mol. The number of aromatic nitrogens is 4. The summed E-state index contributed by atoms with van der Waals surface area (Å²) in [4.78, 5) is 28.9. The molecule has 4 aromatic rings. The molecule has 3 aromatic heterocycles. The number of pyridine rings is 1. The lowest BCUT2D eigenvalue weighted by atomic mass is 9.99. The number of morpholine rings is 1. The number of benzene rings is 1. The van der Waals surface area contributed by atoms with Gasteiger partial charge in [-0.05, 0) is 19.1 Å². The number of aromatic amines is 2. The van der Waals surface area contributed by atoms with Crippen molar-refractivity contribution in [3.05, 3.63) is 65.2 Å². The second-order valence-electron chi connectivity index (χ2n) is 8.04. The van der Waals surface area contributed by atoms with Crippen molar-refractivity contribution in [2.45, 2.75) is 19.1 Å². The molecule has 0 amide bonds. The van der Waals surface area contributed by atoms with Crippen LogP contribution < -0.4 is 4.90 Å². The van der Waals surface area contributed by atoms with Crippen molar-refractivity contribution in [3.63, 3.8) is 0 Å². The molecule has 2 N–H and O–H groups in total. The normalized spacial score (nSPS) is 16.9. The SMILES string of the molecule is C[C@H]1COCCN1c1ncc2[nH]c(-c3cc(C(=O)c4ccccc4C(F)(F)F)c[nH]3)nc2c1F. The molecule has 176 valence electrons. The molecule has 0 aliphatic carbocycles. The number of carbonyl (C=O) groups excluding carboxylic acids is 1. The molecule has 1 aliphatic rings. The van der Waals surface area contributed by atoms with Crippen molar-refractivity contribution in [1.29, 1.82) is 0 Å². The quantitative estimate of drug-likeness (QED) is 0.335. The molecular formula is C23H19F4N5O2. The van der Waals surface area contributed by atoms with Gasteiger partial charge in [0.15, 0.2) is 23.2 Å². The first kappa shape index (κ1) is 22.1. The molecule has 1 atom stereocenters. The molecule has 0 bridgehead atoms. The van der Waals surface area contributed by atoms with E-state index in [-0.39, 0.29) is 28.8 Å².